The molecule has 1 saturated heterocycles. The Morgan fingerprint density at radius 2 is 1.94 bits per heavy atom. The van der Waals surface area contributed by atoms with Gasteiger partial charge in [0.1, 0.15) is 0 Å². The zero-order chi connectivity index (χ0) is 12.9. The molecular formula is C12H17ClN2O2. The molecule has 0 saturated carbocycles. The lowest BCUT2D eigenvalue weighted by atomic mass is 9.81. The van der Waals surface area contributed by atoms with Gasteiger partial charge >= 0.3 is 0 Å². The Morgan fingerprint density at radius 1 is 1.35 bits per heavy atom. The van der Waals surface area contributed by atoms with E-state index >= 15 is 0 Å². The van der Waals surface area contributed by atoms with Gasteiger partial charge in [0.2, 0.25) is 0 Å². The van der Waals surface area contributed by atoms with E-state index in [1.165, 1.54) is 6.92 Å². The van der Waals surface area contributed by atoms with E-state index < -0.39 is 11.2 Å². The Bertz CT molecular complexity index is 345. The number of Topliss-reactive ketones (excluding diaryl/α,β-unsaturated/α-hetero) is 1. The summed E-state index contributed by atoms with van der Waals surface area (Å²) < 4.78 is 0. The van der Waals surface area contributed by atoms with Crippen molar-refractivity contribution in [2.24, 2.45) is 5.41 Å². The van der Waals surface area contributed by atoms with E-state index in [9.17, 15) is 14.9 Å². The molecule has 5 heteroatoms. The number of likely N-dealkylation sites (tertiary alicyclic amines) is 1. The molecule has 0 bridgehead atoms. The topological polar surface area (TPSA) is 61.2 Å². The molecule has 0 aromatic carbocycles. The zero-order valence-corrected chi connectivity index (χ0v) is 10.8. The fourth-order valence-corrected chi connectivity index (χ4v) is 2.41. The highest BCUT2D eigenvalue weighted by Crippen LogP contribution is 2.28. The van der Waals surface area contributed by atoms with Crippen molar-refractivity contribution in [3.05, 3.63) is 0 Å². The molecule has 0 aromatic heterocycles. The molecule has 0 radical (unpaired) electrons. The zero-order valence-electron chi connectivity index (χ0n) is 10.0. The standard InChI is InChI=1S/C12H17ClN2O2/c1-10(16)12(9-14,5-6-13)11(17)15-7-3-2-4-8-15/h2-8H2,1H3. The number of nitriles is 1. The molecule has 1 rings (SSSR count). The molecular weight excluding hydrogens is 240 g/mol. The summed E-state index contributed by atoms with van der Waals surface area (Å²) in [7, 11) is 0. The fraction of sp³-hybridized carbons (Fsp3) is 0.750. The quantitative estimate of drug-likeness (QED) is 0.568. The first-order valence-corrected chi connectivity index (χ1v) is 6.39. The third-order valence-electron chi connectivity index (χ3n) is 3.27. The fourth-order valence-electron chi connectivity index (χ4n) is 2.12. The van der Waals surface area contributed by atoms with Crippen LogP contribution in [0, 0.1) is 16.7 Å². The Kier molecular flexibility index (Phi) is 4.95. The normalized spacial score (nSPS) is 19.2. The summed E-state index contributed by atoms with van der Waals surface area (Å²) in [5, 5.41) is 9.20. The number of amides is 1. The monoisotopic (exact) mass is 256 g/mol. The average molecular weight is 257 g/mol. The summed E-state index contributed by atoms with van der Waals surface area (Å²) in [6, 6.07) is 1.89. The van der Waals surface area contributed by atoms with E-state index in [0.29, 0.717) is 13.1 Å². The largest absolute Gasteiger partial charge is 0.341 e. The molecule has 1 aliphatic heterocycles. The molecule has 17 heavy (non-hydrogen) atoms. The number of halogens is 1. The minimum absolute atomic E-state index is 0.0930. The summed E-state index contributed by atoms with van der Waals surface area (Å²) >= 11 is 5.62. The number of ketones is 1. The van der Waals surface area contributed by atoms with Crippen LogP contribution in [0.15, 0.2) is 0 Å². The lowest BCUT2D eigenvalue weighted by Crippen LogP contribution is -2.49. The van der Waals surface area contributed by atoms with Crippen LogP contribution in [0.25, 0.3) is 0 Å². The van der Waals surface area contributed by atoms with Crippen LogP contribution in [0.5, 0.6) is 0 Å². The predicted octanol–water partition coefficient (Wildman–Crippen LogP) is 1.73. The third-order valence-corrected chi connectivity index (χ3v) is 3.46. The molecule has 1 heterocycles. The molecule has 94 valence electrons. The summed E-state index contributed by atoms with van der Waals surface area (Å²) in [5.74, 6) is -0.642. The second-order valence-electron chi connectivity index (χ2n) is 4.37. The van der Waals surface area contributed by atoms with Gasteiger partial charge in [0, 0.05) is 19.0 Å². The number of hydrogen-bond donors (Lipinski definition) is 0. The van der Waals surface area contributed by atoms with Crippen LogP contribution in [0.3, 0.4) is 0 Å². The molecule has 1 unspecified atom stereocenters. The summed E-state index contributed by atoms with van der Waals surface area (Å²) in [6.45, 7) is 2.56. The highest BCUT2D eigenvalue weighted by atomic mass is 35.5. The lowest BCUT2D eigenvalue weighted by molar-refractivity contribution is -0.146. The first-order valence-electron chi connectivity index (χ1n) is 5.86. The third kappa shape index (κ3) is 2.78. The Labute approximate surface area is 107 Å². The first kappa shape index (κ1) is 14.0. The maximum atomic E-state index is 12.3. The number of alkyl halides is 1. The maximum absolute atomic E-state index is 12.3. The summed E-state index contributed by atoms with van der Waals surface area (Å²) in [5.41, 5.74) is -1.57. The Hall–Kier alpha value is -1.08. The molecule has 0 spiro atoms. The minimum atomic E-state index is -1.57. The molecule has 1 aliphatic rings. The minimum Gasteiger partial charge on any atom is -0.341 e. The lowest BCUT2D eigenvalue weighted by Gasteiger charge is -2.33. The highest BCUT2D eigenvalue weighted by molar-refractivity contribution is 6.18. The average Bonchev–Trinajstić information content (AvgIpc) is 2.36. The summed E-state index contributed by atoms with van der Waals surface area (Å²) in [6.07, 6.45) is 3.06. The van der Waals surface area contributed by atoms with Gasteiger partial charge in [-0.25, -0.2) is 0 Å². The maximum Gasteiger partial charge on any atom is 0.250 e. The molecule has 1 atom stereocenters. The van der Waals surface area contributed by atoms with Gasteiger partial charge < -0.3 is 4.90 Å². The number of hydrogen-bond acceptors (Lipinski definition) is 3. The van der Waals surface area contributed by atoms with Gasteiger partial charge in [-0.1, -0.05) is 0 Å². The molecule has 1 fully saturated rings. The number of nitrogens with zero attached hydrogens (tertiary/aromatic N) is 2. The Morgan fingerprint density at radius 3 is 2.35 bits per heavy atom. The van der Waals surface area contributed by atoms with E-state index in [4.69, 9.17) is 11.6 Å². The Balaban J connectivity index is 2.93. The van der Waals surface area contributed by atoms with E-state index in [1.807, 2.05) is 6.07 Å². The van der Waals surface area contributed by atoms with Crippen LogP contribution in [0.2, 0.25) is 0 Å². The number of carbonyl (C=O) groups excluding carboxylic acids is 2. The van der Waals surface area contributed by atoms with Crippen molar-refractivity contribution >= 4 is 23.3 Å². The van der Waals surface area contributed by atoms with Crippen molar-refractivity contribution in [3.63, 3.8) is 0 Å². The van der Waals surface area contributed by atoms with Crippen molar-refractivity contribution in [3.8, 4) is 6.07 Å². The van der Waals surface area contributed by atoms with Gasteiger partial charge in [-0.3, -0.25) is 9.59 Å². The molecule has 4 nitrogen and oxygen atoms in total. The van der Waals surface area contributed by atoms with Crippen LogP contribution in [-0.4, -0.2) is 35.6 Å². The predicted molar refractivity (Wildman–Crippen MR) is 64.5 cm³/mol. The van der Waals surface area contributed by atoms with Crippen LogP contribution in [-0.2, 0) is 9.59 Å². The van der Waals surface area contributed by atoms with Gasteiger partial charge in [-0.05, 0) is 32.6 Å². The van der Waals surface area contributed by atoms with E-state index in [0.717, 1.165) is 19.3 Å². The SMILES string of the molecule is CC(=O)C(C#N)(CCCl)C(=O)N1CCCCC1. The van der Waals surface area contributed by atoms with Crippen molar-refractivity contribution < 1.29 is 9.59 Å². The summed E-state index contributed by atoms with van der Waals surface area (Å²) in [4.78, 5) is 25.6. The van der Waals surface area contributed by atoms with E-state index in [2.05, 4.69) is 0 Å². The van der Waals surface area contributed by atoms with Gasteiger partial charge in [0.05, 0.1) is 6.07 Å². The van der Waals surface area contributed by atoms with Crippen molar-refractivity contribution in [2.45, 2.75) is 32.6 Å². The highest BCUT2D eigenvalue weighted by Gasteiger charge is 2.45. The van der Waals surface area contributed by atoms with Gasteiger partial charge in [0.15, 0.2) is 11.2 Å². The van der Waals surface area contributed by atoms with E-state index in [-0.39, 0.29) is 18.2 Å². The number of rotatable bonds is 4. The first-order chi connectivity index (χ1) is 8.08. The van der Waals surface area contributed by atoms with Crippen LogP contribution >= 0.6 is 11.6 Å². The molecule has 0 N–H and O–H groups in total. The van der Waals surface area contributed by atoms with E-state index in [1.54, 1.807) is 4.90 Å². The van der Waals surface area contributed by atoms with Gasteiger partial charge in [-0.2, -0.15) is 5.26 Å². The molecule has 1 amide bonds. The van der Waals surface area contributed by atoms with Gasteiger partial charge in [0.25, 0.3) is 5.91 Å². The van der Waals surface area contributed by atoms with Crippen molar-refractivity contribution in [1.82, 2.24) is 4.90 Å². The molecule has 0 aliphatic carbocycles. The van der Waals surface area contributed by atoms with Crippen molar-refractivity contribution in [1.29, 1.82) is 5.26 Å². The molecule has 0 aromatic rings. The van der Waals surface area contributed by atoms with Gasteiger partial charge in [-0.15, -0.1) is 11.6 Å². The van der Waals surface area contributed by atoms with Crippen LogP contribution in [0.1, 0.15) is 32.6 Å². The van der Waals surface area contributed by atoms with Crippen molar-refractivity contribution in [2.75, 3.05) is 19.0 Å². The van der Waals surface area contributed by atoms with Crippen LogP contribution < -0.4 is 0 Å². The number of piperidine rings is 1. The second kappa shape index (κ2) is 6.02. The second-order valence-corrected chi connectivity index (χ2v) is 4.74. The number of carbonyl (C=O) groups is 2. The smallest absolute Gasteiger partial charge is 0.250 e. The van der Waals surface area contributed by atoms with Crippen LogP contribution in [0.4, 0.5) is 0 Å².